The lowest BCUT2D eigenvalue weighted by Gasteiger charge is -2.09. The summed E-state index contributed by atoms with van der Waals surface area (Å²) >= 11 is 0. The normalized spacial score (nSPS) is 11.2. The summed E-state index contributed by atoms with van der Waals surface area (Å²) < 4.78 is 6.65. The maximum absolute atomic E-state index is 12.5. The van der Waals surface area contributed by atoms with Crippen LogP contribution >= 0.6 is 0 Å². The van der Waals surface area contributed by atoms with E-state index in [4.69, 9.17) is 4.42 Å². The highest BCUT2D eigenvalue weighted by Gasteiger charge is 2.15. The summed E-state index contributed by atoms with van der Waals surface area (Å²) in [5.74, 6) is -0.344. The number of para-hydroxylation sites is 1. The van der Waals surface area contributed by atoms with E-state index in [0.717, 1.165) is 9.95 Å². The summed E-state index contributed by atoms with van der Waals surface area (Å²) in [7, 11) is 0. The van der Waals surface area contributed by atoms with Gasteiger partial charge in [-0.15, -0.1) is 0 Å². The van der Waals surface area contributed by atoms with Crippen molar-refractivity contribution in [3.63, 3.8) is 0 Å². The first kappa shape index (κ1) is 16.7. The van der Waals surface area contributed by atoms with Crippen molar-refractivity contribution < 1.29 is 14.0 Å². The largest absolute Gasteiger partial charge is 0.448 e. The maximum Gasteiger partial charge on any atom is 0.321 e. The van der Waals surface area contributed by atoms with Gasteiger partial charge in [-0.1, -0.05) is 26.0 Å². The van der Waals surface area contributed by atoms with Crippen LogP contribution in [0.1, 0.15) is 13.8 Å². The van der Waals surface area contributed by atoms with Gasteiger partial charge in [0.2, 0.25) is 11.5 Å². The number of imide groups is 1. The van der Waals surface area contributed by atoms with Gasteiger partial charge in [-0.25, -0.2) is 9.78 Å². The van der Waals surface area contributed by atoms with Crippen LogP contribution < -0.4 is 16.2 Å². The number of carbonyl (C=O) groups is 2. The molecule has 0 aliphatic rings. The van der Waals surface area contributed by atoms with Crippen LogP contribution in [0.15, 0.2) is 39.8 Å². The Labute approximate surface area is 142 Å². The van der Waals surface area contributed by atoms with Gasteiger partial charge in [-0.05, 0) is 18.1 Å². The van der Waals surface area contributed by atoms with Gasteiger partial charge < -0.3 is 9.73 Å². The van der Waals surface area contributed by atoms with Crippen LogP contribution in [0.3, 0.4) is 0 Å². The van der Waals surface area contributed by atoms with Crippen molar-refractivity contribution in [3.8, 4) is 0 Å². The third kappa shape index (κ3) is 3.52. The van der Waals surface area contributed by atoms with Crippen molar-refractivity contribution in [2.75, 3.05) is 6.54 Å². The quantitative estimate of drug-likeness (QED) is 0.749. The van der Waals surface area contributed by atoms with Gasteiger partial charge in [0.1, 0.15) is 17.6 Å². The predicted molar refractivity (Wildman–Crippen MR) is 92.2 cm³/mol. The van der Waals surface area contributed by atoms with Crippen LogP contribution in [0.5, 0.6) is 0 Å². The van der Waals surface area contributed by atoms with Gasteiger partial charge in [0.15, 0.2) is 0 Å². The summed E-state index contributed by atoms with van der Waals surface area (Å²) in [6.45, 7) is 4.01. The Bertz CT molecular complexity index is 1000. The number of carbonyl (C=O) groups excluding carboxylic acids is 2. The Hall–Kier alpha value is -3.16. The lowest BCUT2D eigenvalue weighted by atomic mass is 10.2. The minimum Gasteiger partial charge on any atom is -0.448 e. The molecule has 8 heteroatoms. The number of hydrogen-bond donors (Lipinski definition) is 2. The van der Waals surface area contributed by atoms with Crippen molar-refractivity contribution in [1.82, 2.24) is 20.2 Å². The van der Waals surface area contributed by atoms with Gasteiger partial charge in [-0.2, -0.15) is 0 Å². The lowest BCUT2D eigenvalue weighted by molar-refractivity contribution is -0.120. The molecule has 3 aromatic rings. The minimum absolute atomic E-state index is 0.0840. The molecule has 0 saturated heterocycles. The summed E-state index contributed by atoms with van der Waals surface area (Å²) in [6.07, 6.45) is 1.28. The standard InChI is InChI=1S/C17H18N4O4/c1-10(2)7-18-17(24)20-13(22)8-21-9-19-14-11-5-3-4-6-12(11)25-15(14)16(21)23/h3-6,9-10H,7-8H2,1-2H3,(H2,18,20,22,24). The molecule has 0 aliphatic heterocycles. The molecule has 0 spiro atoms. The highest BCUT2D eigenvalue weighted by molar-refractivity contribution is 6.01. The molecule has 130 valence electrons. The van der Waals surface area contributed by atoms with Gasteiger partial charge in [0.25, 0.3) is 5.56 Å². The molecule has 0 fully saturated rings. The van der Waals surface area contributed by atoms with E-state index in [1.807, 2.05) is 26.0 Å². The van der Waals surface area contributed by atoms with Gasteiger partial charge in [0.05, 0.1) is 6.33 Å². The molecule has 0 bridgehead atoms. The molecule has 0 unspecified atom stereocenters. The third-order valence-corrected chi connectivity index (χ3v) is 3.59. The molecule has 3 amide bonds. The van der Waals surface area contributed by atoms with Crippen LogP contribution in [0.4, 0.5) is 4.79 Å². The molecule has 3 rings (SSSR count). The molecule has 2 heterocycles. The second-order valence-corrected chi connectivity index (χ2v) is 6.11. The average Bonchev–Trinajstić information content (AvgIpc) is 2.95. The zero-order chi connectivity index (χ0) is 18.0. The highest BCUT2D eigenvalue weighted by atomic mass is 16.3. The van der Waals surface area contributed by atoms with Crippen molar-refractivity contribution in [2.45, 2.75) is 20.4 Å². The van der Waals surface area contributed by atoms with E-state index in [1.165, 1.54) is 6.33 Å². The Morgan fingerprint density at radius 2 is 2.04 bits per heavy atom. The van der Waals surface area contributed by atoms with Crippen molar-refractivity contribution >= 4 is 34.0 Å². The third-order valence-electron chi connectivity index (χ3n) is 3.59. The highest BCUT2D eigenvalue weighted by Crippen LogP contribution is 2.23. The second-order valence-electron chi connectivity index (χ2n) is 6.11. The summed E-state index contributed by atoms with van der Waals surface area (Å²) in [5, 5.41) is 5.48. The van der Waals surface area contributed by atoms with E-state index in [9.17, 15) is 14.4 Å². The van der Waals surface area contributed by atoms with Gasteiger partial charge >= 0.3 is 6.03 Å². The second kappa shape index (κ2) is 6.76. The molecule has 8 nitrogen and oxygen atoms in total. The Kier molecular flexibility index (Phi) is 4.51. The molecule has 1 aromatic carbocycles. The number of rotatable bonds is 4. The number of amides is 3. The fourth-order valence-corrected chi connectivity index (χ4v) is 2.39. The molecule has 2 N–H and O–H groups in total. The van der Waals surface area contributed by atoms with Crippen LogP contribution in [0, 0.1) is 5.92 Å². The number of nitrogens with zero attached hydrogens (tertiary/aromatic N) is 2. The number of fused-ring (bicyclic) bond motifs is 3. The first-order chi connectivity index (χ1) is 12.0. The number of nitrogens with one attached hydrogen (secondary N) is 2. The Morgan fingerprint density at radius 1 is 1.28 bits per heavy atom. The van der Waals surface area contributed by atoms with E-state index in [2.05, 4.69) is 15.6 Å². The van der Waals surface area contributed by atoms with E-state index >= 15 is 0 Å². The smallest absolute Gasteiger partial charge is 0.321 e. The van der Waals surface area contributed by atoms with E-state index in [0.29, 0.717) is 17.6 Å². The molecule has 0 saturated carbocycles. The SMILES string of the molecule is CC(C)CNC(=O)NC(=O)Cn1cnc2c(oc3ccccc32)c1=O. The van der Waals surface area contributed by atoms with Crippen LogP contribution in [-0.4, -0.2) is 28.0 Å². The van der Waals surface area contributed by atoms with Crippen LogP contribution in [0.2, 0.25) is 0 Å². The van der Waals surface area contributed by atoms with Crippen molar-refractivity contribution in [1.29, 1.82) is 0 Å². The molecule has 0 atom stereocenters. The summed E-state index contributed by atoms with van der Waals surface area (Å²) in [5.41, 5.74) is 0.615. The maximum atomic E-state index is 12.5. The molecule has 2 aromatic heterocycles. The van der Waals surface area contributed by atoms with Crippen LogP contribution in [0.25, 0.3) is 22.1 Å². The predicted octanol–water partition coefficient (Wildman–Crippen LogP) is 1.62. The van der Waals surface area contributed by atoms with Crippen molar-refractivity contribution in [2.24, 2.45) is 5.92 Å². The lowest BCUT2D eigenvalue weighted by Crippen LogP contribution is -2.43. The fraction of sp³-hybridized carbons (Fsp3) is 0.294. The Balaban J connectivity index is 1.79. The van der Waals surface area contributed by atoms with E-state index in [1.54, 1.807) is 12.1 Å². The van der Waals surface area contributed by atoms with Crippen molar-refractivity contribution in [3.05, 3.63) is 40.9 Å². The molecular formula is C17H18N4O4. The first-order valence-electron chi connectivity index (χ1n) is 7.90. The number of furan rings is 1. The van der Waals surface area contributed by atoms with E-state index in [-0.39, 0.29) is 18.0 Å². The molecule has 25 heavy (non-hydrogen) atoms. The number of aromatic nitrogens is 2. The number of urea groups is 1. The minimum atomic E-state index is -0.611. The summed E-state index contributed by atoms with van der Waals surface area (Å²) in [6, 6.07) is 6.58. The zero-order valence-electron chi connectivity index (χ0n) is 13.9. The summed E-state index contributed by atoms with van der Waals surface area (Å²) in [4.78, 5) is 40.2. The monoisotopic (exact) mass is 342 g/mol. The van der Waals surface area contributed by atoms with Gasteiger partial charge in [0, 0.05) is 11.9 Å². The Morgan fingerprint density at radius 3 is 2.80 bits per heavy atom. The topological polar surface area (TPSA) is 106 Å². The van der Waals surface area contributed by atoms with Gasteiger partial charge in [-0.3, -0.25) is 19.5 Å². The first-order valence-corrected chi connectivity index (χ1v) is 7.90. The van der Waals surface area contributed by atoms with E-state index < -0.39 is 17.5 Å². The average molecular weight is 342 g/mol. The molecule has 0 radical (unpaired) electrons. The number of benzene rings is 1. The molecular weight excluding hydrogens is 324 g/mol. The number of hydrogen-bond acceptors (Lipinski definition) is 5. The fourth-order valence-electron chi connectivity index (χ4n) is 2.39. The van der Waals surface area contributed by atoms with Crippen LogP contribution in [-0.2, 0) is 11.3 Å². The zero-order valence-corrected chi connectivity index (χ0v) is 13.9. The molecule has 0 aliphatic carbocycles.